The minimum absolute atomic E-state index is 0.196. The Kier molecular flexibility index (Phi) is 4.14. The summed E-state index contributed by atoms with van der Waals surface area (Å²) in [5.41, 5.74) is 0.393. The first kappa shape index (κ1) is 16.6. The molecule has 2 heterocycles. The molecule has 0 aromatic heterocycles. The van der Waals surface area contributed by atoms with Crippen LogP contribution in [0.4, 0.5) is 0 Å². The van der Waals surface area contributed by atoms with Gasteiger partial charge in [-0.1, -0.05) is 17.2 Å². The summed E-state index contributed by atoms with van der Waals surface area (Å²) in [4.78, 5) is 41.5. The zero-order valence-electron chi connectivity index (χ0n) is 13.0. The van der Waals surface area contributed by atoms with Crippen LogP contribution in [0.2, 0.25) is 0 Å². The van der Waals surface area contributed by atoms with Crippen molar-refractivity contribution in [3.63, 3.8) is 0 Å². The van der Waals surface area contributed by atoms with Gasteiger partial charge in [-0.05, 0) is 25.0 Å². The summed E-state index contributed by atoms with van der Waals surface area (Å²) in [5.74, 6) is -2.58. The van der Waals surface area contributed by atoms with Crippen molar-refractivity contribution in [2.75, 3.05) is 19.3 Å². The summed E-state index contributed by atoms with van der Waals surface area (Å²) in [7, 11) is -3.29. The quantitative estimate of drug-likeness (QED) is 0.731. The molecule has 0 radical (unpaired) electrons. The Morgan fingerprint density at radius 2 is 1.58 bits per heavy atom. The van der Waals surface area contributed by atoms with E-state index < -0.39 is 33.7 Å². The summed E-state index contributed by atoms with van der Waals surface area (Å²) < 4.78 is 24.2. The predicted octanol–water partition coefficient (Wildman–Crippen LogP) is 0.412. The minimum Gasteiger partial charge on any atom is -0.329 e. The number of piperidine rings is 1. The lowest BCUT2D eigenvalue weighted by molar-refractivity contribution is -0.175. The highest BCUT2D eigenvalue weighted by atomic mass is 32.2. The monoisotopic (exact) mass is 352 g/mol. The molecule has 1 saturated heterocycles. The molecule has 0 unspecified atom stereocenters. The average molecular weight is 352 g/mol. The predicted molar refractivity (Wildman–Crippen MR) is 82.2 cm³/mol. The van der Waals surface area contributed by atoms with Gasteiger partial charge < -0.3 is 4.84 Å². The van der Waals surface area contributed by atoms with Crippen LogP contribution in [0.25, 0.3) is 0 Å². The van der Waals surface area contributed by atoms with Crippen LogP contribution in [0.15, 0.2) is 24.3 Å². The smallest absolute Gasteiger partial charge is 0.329 e. The van der Waals surface area contributed by atoms with E-state index in [0.29, 0.717) is 5.06 Å². The van der Waals surface area contributed by atoms with Crippen LogP contribution in [0.3, 0.4) is 0 Å². The van der Waals surface area contributed by atoms with E-state index in [1.54, 1.807) is 12.1 Å². The van der Waals surface area contributed by atoms with Gasteiger partial charge in [0, 0.05) is 13.1 Å². The molecule has 0 bridgehead atoms. The first-order valence-electron chi connectivity index (χ1n) is 7.44. The van der Waals surface area contributed by atoms with Crippen LogP contribution < -0.4 is 0 Å². The standard InChI is InChI=1S/C15H16N2O6S/c1-24(21,22)16-8-6-10(7-9-16)15(20)23-17-13(18)11-4-2-3-5-12(11)14(17)19/h2-5,10H,6-9H2,1H3. The van der Waals surface area contributed by atoms with E-state index in [9.17, 15) is 22.8 Å². The highest BCUT2D eigenvalue weighted by Gasteiger charge is 2.40. The maximum absolute atomic E-state index is 12.2. The molecule has 0 spiro atoms. The van der Waals surface area contributed by atoms with Crippen LogP contribution >= 0.6 is 0 Å². The van der Waals surface area contributed by atoms with Crippen molar-refractivity contribution >= 4 is 27.8 Å². The van der Waals surface area contributed by atoms with Crippen molar-refractivity contribution in [2.24, 2.45) is 5.92 Å². The van der Waals surface area contributed by atoms with Crippen LogP contribution in [0.5, 0.6) is 0 Å². The maximum Gasteiger partial charge on any atom is 0.336 e. The second-order valence-electron chi connectivity index (χ2n) is 5.80. The number of nitrogens with zero attached hydrogens (tertiary/aromatic N) is 2. The number of rotatable bonds is 3. The van der Waals surface area contributed by atoms with Crippen molar-refractivity contribution in [3.8, 4) is 0 Å². The van der Waals surface area contributed by atoms with Crippen molar-refractivity contribution < 1.29 is 27.6 Å². The lowest BCUT2D eigenvalue weighted by Crippen LogP contribution is -2.42. The van der Waals surface area contributed by atoms with E-state index in [2.05, 4.69) is 0 Å². The fraction of sp³-hybridized carbons (Fsp3) is 0.400. The first-order chi connectivity index (χ1) is 11.3. The topological polar surface area (TPSA) is 101 Å². The van der Waals surface area contributed by atoms with Gasteiger partial charge in [-0.25, -0.2) is 17.5 Å². The maximum atomic E-state index is 12.2. The number of amides is 2. The molecule has 1 aromatic carbocycles. The third-order valence-electron chi connectivity index (χ3n) is 4.19. The van der Waals surface area contributed by atoms with Crippen LogP contribution in [-0.2, 0) is 19.7 Å². The molecule has 128 valence electrons. The summed E-state index contributed by atoms with van der Waals surface area (Å²) in [6, 6.07) is 6.23. The lowest BCUT2D eigenvalue weighted by atomic mass is 9.99. The summed E-state index contributed by atoms with van der Waals surface area (Å²) in [5, 5.41) is 0.482. The fourth-order valence-corrected chi connectivity index (χ4v) is 3.71. The average Bonchev–Trinajstić information content (AvgIpc) is 2.79. The number of carbonyl (C=O) groups is 3. The molecule has 3 rings (SSSR count). The van der Waals surface area contributed by atoms with Crippen LogP contribution in [-0.4, -0.2) is 54.9 Å². The second-order valence-corrected chi connectivity index (χ2v) is 7.78. The number of imide groups is 1. The van der Waals surface area contributed by atoms with Crippen molar-refractivity contribution in [3.05, 3.63) is 35.4 Å². The number of carbonyl (C=O) groups excluding carboxylic acids is 3. The van der Waals surface area contributed by atoms with Gasteiger partial charge in [-0.15, -0.1) is 0 Å². The molecule has 2 aliphatic heterocycles. The Morgan fingerprint density at radius 1 is 1.08 bits per heavy atom. The number of hydroxylamine groups is 2. The summed E-state index contributed by atoms with van der Waals surface area (Å²) in [6.07, 6.45) is 1.69. The van der Waals surface area contributed by atoms with Crippen molar-refractivity contribution in [1.29, 1.82) is 0 Å². The molecule has 0 aliphatic carbocycles. The van der Waals surface area contributed by atoms with Gasteiger partial charge in [0.1, 0.15) is 0 Å². The molecule has 2 aliphatic rings. The molecule has 1 fully saturated rings. The summed E-state index contributed by atoms with van der Waals surface area (Å²) >= 11 is 0. The third-order valence-corrected chi connectivity index (χ3v) is 5.50. The summed E-state index contributed by atoms with van der Waals surface area (Å²) in [6.45, 7) is 0.418. The van der Waals surface area contributed by atoms with Gasteiger partial charge in [0.2, 0.25) is 10.0 Å². The van der Waals surface area contributed by atoms with Gasteiger partial charge in [0.25, 0.3) is 11.8 Å². The molecular formula is C15H16N2O6S. The van der Waals surface area contributed by atoms with Crippen molar-refractivity contribution in [2.45, 2.75) is 12.8 Å². The molecule has 24 heavy (non-hydrogen) atoms. The molecule has 0 atom stereocenters. The molecule has 0 saturated carbocycles. The number of hydrogen-bond acceptors (Lipinski definition) is 6. The molecular weight excluding hydrogens is 336 g/mol. The zero-order valence-corrected chi connectivity index (χ0v) is 13.8. The van der Waals surface area contributed by atoms with Crippen LogP contribution in [0, 0.1) is 5.92 Å². The number of benzene rings is 1. The third kappa shape index (κ3) is 2.92. The molecule has 9 heteroatoms. The van der Waals surface area contributed by atoms with E-state index in [1.807, 2.05) is 0 Å². The number of fused-ring (bicyclic) bond motifs is 1. The highest BCUT2D eigenvalue weighted by molar-refractivity contribution is 7.88. The fourth-order valence-electron chi connectivity index (χ4n) is 2.84. The van der Waals surface area contributed by atoms with Gasteiger partial charge >= 0.3 is 5.97 Å². The highest BCUT2D eigenvalue weighted by Crippen LogP contribution is 2.25. The number of hydrogen-bond donors (Lipinski definition) is 0. The zero-order chi connectivity index (χ0) is 17.5. The number of sulfonamides is 1. The second kappa shape index (κ2) is 5.99. The Balaban J connectivity index is 1.65. The van der Waals surface area contributed by atoms with E-state index >= 15 is 0 Å². The Morgan fingerprint density at radius 3 is 2.04 bits per heavy atom. The van der Waals surface area contributed by atoms with Gasteiger partial charge in [-0.2, -0.15) is 0 Å². The molecule has 8 nitrogen and oxygen atoms in total. The largest absolute Gasteiger partial charge is 0.336 e. The van der Waals surface area contributed by atoms with E-state index in [-0.39, 0.29) is 37.1 Å². The van der Waals surface area contributed by atoms with E-state index in [0.717, 1.165) is 6.26 Å². The Bertz CT molecular complexity index is 776. The van der Waals surface area contributed by atoms with E-state index in [1.165, 1.54) is 16.4 Å². The molecule has 1 aromatic rings. The Labute approximate surface area is 139 Å². The lowest BCUT2D eigenvalue weighted by Gasteiger charge is -2.29. The van der Waals surface area contributed by atoms with Crippen LogP contribution in [0.1, 0.15) is 33.6 Å². The SMILES string of the molecule is CS(=O)(=O)N1CCC(C(=O)ON2C(=O)c3ccccc3C2=O)CC1. The van der Waals surface area contributed by atoms with Gasteiger partial charge in [0.15, 0.2) is 0 Å². The molecule has 2 amide bonds. The van der Waals surface area contributed by atoms with Gasteiger partial charge in [0.05, 0.1) is 23.3 Å². The first-order valence-corrected chi connectivity index (χ1v) is 9.28. The van der Waals surface area contributed by atoms with E-state index in [4.69, 9.17) is 4.84 Å². The Hall–Kier alpha value is -2.26. The van der Waals surface area contributed by atoms with Gasteiger partial charge in [-0.3, -0.25) is 9.59 Å². The normalized spacial score (nSPS) is 19.5. The molecule has 0 N–H and O–H groups in total. The van der Waals surface area contributed by atoms with Crippen molar-refractivity contribution in [1.82, 2.24) is 9.37 Å². The minimum atomic E-state index is -3.29.